The summed E-state index contributed by atoms with van der Waals surface area (Å²) in [6, 6.07) is 6.17. The normalized spacial score (nSPS) is 9.21. The van der Waals surface area contributed by atoms with E-state index >= 15 is 0 Å². The molecule has 1 aromatic carbocycles. The first-order valence-corrected chi connectivity index (χ1v) is 4.02. The maximum absolute atomic E-state index is 5.45. The topological polar surface area (TPSA) is 54.7 Å². The average Bonchev–Trinajstić information content (AvgIpc) is 2.51. The molecule has 0 aliphatic rings. The summed E-state index contributed by atoms with van der Waals surface area (Å²) in [6.07, 6.45) is 2.63. The zero-order chi connectivity index (χ0) is 8.39. The molecular weight excluding hydrogens is 221 g/mol. The molecule has 0 radical (unpaired) electrons. The number of nitrogens with one attached hydrogen (secondary N) is 1. The van der Waals surface area contributed by atoms with E-state index in [1.165, 1.54) is 5.56 Å². The van der Waals surface area contributed by atoms with E-state index in [0.29, 0.717) is 6.54 Å². The maximum atomic E-state index is 5.45. The number of halogens is 2. The first-order chi connectivity index (χ1) is 5.90. The molecule has 1 heterocycles. The quantitative estimate of drug-likeness (QED) is 0.833. The summed E-state index contributed by atoms with van der Waals surface area (Å²) in [6.45, 7) is 0.694. The summed E-state index contributed by atoms with van der Waals surface area (Å²) in [4.78, 5) is 7.20. The number of rotatable bonds is 2. The number of benzene rings is 1. The van der Waals surface area contributed by atoms with E-state index in [0.717, 1.165) is 17.5 Å². The van der Waals surface area contributed by atoms with Crippen molar-refractivity contribution in [2.75, 3.05) is 6.54 Å². The highest BCUT2D eigenvalue weighted by atomic mass is 35.5. The fraction of sp³-hybridized carbons (Fsp3) is 0.222. The van der Waals surface area contributed by atoms with Crippen LogP contribution in [0.25, 0.3) is 11.0 Å². The molecular formula is C9H13Cl2N3. The maximum Gasteiger partial charge on any atom is 0.0931 e. The third-order valence-corrected chi connectivity index (χ3v) is 1.92. The van der Waals surface area contributed by atoms with Gasteiger partial charge in [0.25, 0.3) is 0 Å². The van der Waals surface area contributed by atoms with Crippen LogP contribution in [0.3, 0.4) is 0 Å². The van der Waals surface area contributed by atoms with E-state index in [2.05, 4.69) is 22.1 Å². The predicted octanol–water partition coefficient (Wildman–Crippen LogP) is 1.91. The fourth-order valence-electron chi connectivity index (χ4n) is 1.30. The van der Waals surface area contributed by atoms with Gasteiger partial charge in [-0.05, 0) is 30.7 Å². The second-order valence-corrected chi connectivity index (χ2v) is 2.79. The summed E-state index contributed by atoms with van der Waals surface area (Å²) in [5, 5.41) is 0. The third kappa shape index (κ3) is 2.61. The Morgan fingerprint density at radius 1 is 1.29 bits per heavy atom. The number of hydrogen-bond donors (Lipinski definition) is 2. The number of imidazole rings is 1. The van der Waals surface area contributed by atoms with Crippen molar-refractivity contribution >= 4 is 35.8 Å². The van der Waals surface area contributed by atoms with Crippen molar-refractivity contribution in [2.24, 2.45) is 5.73 Å². The van der Waals surface area contributed by atoms with Crippen LogP contribution in [0.5, 0.6) is 0 Å². The van der Waals surface area contributed by atoms with Crippen LogP contribution in [0.1, 0.15) is 5.56 Å². The van der Waals surface area contributed by atoms with Gasteiger partial charge in [0.15, 0.2) is 0 Å². The van der Waals surface area contributed by atoms with Gasteiger partial charge in [0.2, 0.25) is 0 Å². The second kappa shape index (κ2) is 5.86. The predicted molar refractivity (Wildman–Crippen MR) is 63.3 cm³/mol. The lowest BCUT2D eigenvalue weighted by atomic mass is 10.1. The standard InChI is InChI=1S/C9H11N3.2ClH/c10-4-3-7-1-2-8-9(5-7)12-6-11-8;;/h1-2,5-6H,3-4,10H2,(H,11,12);2*1H. The molecule has 0 saturated heterocycles. The van der Waals surface area contributed by atoms with E-state index in [1.54, 1.807) is 6.33 Å². The summed E-state index contributed by atoms with van der Waals surface area (Å²) >= 11 is 0. The molecule has 3 nitrogen and oxygen atoms in total. The van der Waals surface area contributed by atoms with Gasteiger partial charge in [-0.2, -0.15) is 0 Å². The van der Waals surface area contributed by atoms with Gasteiger partial charge in [0.05, 0.1) is 17.4 Å². The van der Waals surface area contributed by atoms with Crippen LogP contribution in [0.4, 0.5) is 0 Å². The minimum absolute atomic E-state index is 0. The Kier molecular flexibility index (Phi) is 5.53. The molecule has 1 aromatic heterocycles. The first kappa shape index (κ1) is 13.2. The van der Waals surface area contributed by atoms with Gasteiger partial charge in [-0.25, -0.2) is 4.98 Å². The zero-order valence-corrected chi connectivity index (χ0v) is 9.20. The molecule has 5 heteroatoms. The number of nitrogens with two attached hydrogens (primary N) is 1. The Bertz CT molecular complexity index is 386. The summed E-state index contributed by atoms with van der Waals surface area (Å²) < 4.78 is 0. The zero-order valence-electron chi connectivity index (χ0n) is 7.56. The lowest BCUT2D eigenvalue weighted by Crippen LogP contribution is -2.02. The highest BCUT2D eigenvalue weighted by Gasteiger charge is 1.96. The Balaban J connectivity index is 0.000000845. The van der Waals surface area contributed by atoms with E-state index in [1.807, 2.05) is 6.07 Å². The highest BCUT2D eigenvalue weighted by Crippen LogP contribution is 2.11. The van der Waals surface area contributed by atoms with Crippen LogP contribution in [0.2, 0.25) is 0 Å². The Morgan fingerprint density at radius 2 is 2.07 bits per heavy atom. The highest BCUT2D eigenvalue weighted by molar-refractivity contribution is 5.85. The molecule has 0 unspecified atom stereocenters. The fourth-order valence-corrected chi connectivity index (χ4v) is 1.30. The van der Waals surface area contributed by atoms with Crippen molar-refractivity contribution in [1.82, 2.24) is 9.97 Å². The Hall–Kier alpha value is -0.770. The lowest BCUT2D eigenvalue weighted by Gasteiger charge is -1.96. The minimum atomic E-state index is 0. The van der Waals surface area contributed by atoms with Gasteiger partial charge in [-0.3, -0.25) is 0 Å². The monoisotopic (exact) mass is 233 g/mol. The average molecular weight is 234 g/mol. The molecule has 2 rings (SSSR count). The molecule has 3 N–H and O–H groups in total. The summed E-state index contributed by atoms with van der Waals surface area (Å²) in [7, 11) is 0. The van der Waals surface area contributed by atoms with Gasteiger partial charge in [0.1, 0.15) is 0 Å². The van der Waals surface area contributed by atoms with Gasteiger partial charge in [-0.1, -0.05) is 6.07 Å². The molecule has 0 bridgehead atoms. The Morgan fingerprint density at radius 3 is 2.79 bits per heavy atom. The van der Waals surface area contributed by atoms with Crippen LogP contribution < -0.4 is 5.73 Å². The van der Waals surface area contributed by atoms with Crippen molar-refractivity contribution in [2.45, 2.75) is 6.42 Å². The van der Waals surface area contributed by atoms with Crippen molar-refractivity contribution in [1.29, 1.82) is 0 Å². The molecule has 14 heavy (non-hydrogen) atoms. The minimum Gasteiger partial charge on any atom is -0.345 e. The van der Waals surface area contributed by atoms with Crippen LogP contribution in [-0.2, 0) is 6.42 Å². The Labute approximate surface area is 94.9 Å². The summed E-state index contributed by atoms with van der Waals surface area (Å²) in [5.41, 5.74) is 8.81. The number of aromatic amines is 1. The van der Waals surface area contributed by atoms with E-state index in [9.17, 15) is 0 Å². The lowest BCUT2D eigenvalue weighted by molar-refractivity contribution is 0.970. The van der Waals surface area contributed by atoms with Crippen molar-refractivity contribution in [3.8, 4) is 0 Å². The molecule has 0 saturated carbocycles. The molecule has 0 fully saturated rings. The summed E-state index contributed by atoms with van der Waals surface area (Å²) in [5.74, 6) is 0. The van der Waals surface area contributed by atoms with Crippen molar-refractivity contribution in [3.63, 3.8) is 0 Å². The number of nitrogens with zero attached hydrogens (tertiary/aromatic N) is 1. The second-order valence-electron chi connectivity index (χ2n) is 2.79. The van der Waals surface area contributed by atoms with Crippen LogP contribution in [0, 0.1) is 0 Å². The molecule has 0 spiro atoms. The van der Waals surface area contributed by atoms with E-state index in [4.69, 9.17) is 5.73 Å². The smallest absolute Gasteiger partial charge is 0.0931 e. The van der Waals surface area contributed by atoms with E-state index in [-0.39, 0.29) is 24.8 Å². The number of hydrogen-bond acceptors (Lipinski definition) is 2. The van der Waals surface area contributed by atoms with Gasteiger partial charge >= 0.3 is 0 Å². The van der Waals surface area contributed by atoms with Gasteiger partial charge in [-0.15, -0.1) is 24.8 Å². The van der Waals surface area contributed by atoms with Crippen molar-refractivity contribution in [3.05, 3.63) is 30.1 Å². The molecule has 78 valence electrons. The van der Waals surface area contributed by atoms with Gasteiger partial charge in [0, 0.05) is 0 Å². The largest absolute Gasteiger partial charge is 0.345 e. The molecule has 0 amide bonds. The van der Waals surface area contributed by atoms with Crippen LogP contribution >= 0.6 is 24.8 Å². The van der Waals surface area contributed by atoms with E-state index < -0.39 is 0 Å². The third-order valence-electron chi connectivity index (χ3n) is 1.92. The number of fused-ring (bicyclic) bond motifs is 1. The SMILES string of the molecule is Cl.Cl.NCCc1ccc2nc[nH]c2c1. The number of H-pyrrole nitrogens is 1. The molecule has 2 aromatic rings. The molecule has 0 atom stereocenters. The first-order valence-electron chi connectivity index (χ1n) is 4.02. The van der Waals surface area contributed by atoms with Crippen LogP contribution in [0.15, 0.2) is 24.5 Å². The van der Waals surface area contributed by atoms with Gasteiger partial charge < -0.3 is 10.7 Å². The van der Waals surface area contributed by atoms with Crippen LogP contribution in [-0.4, -0.2) is 16.5 Å². The molecule has 0 aliphatic heterocycles. The number of aromatic nitrogens is 2. The van der Waals surface area contributed by atoms with Crippen molar-refractivity contribution < 1.29 is 0 Å². The molecule has 0 aliphatic carbocycles.